The molecule has 4 rings (SSSR count). The van der Waals surface area contributed by atoms with Gasteiger partial charge < -0.3 is 5.11 Å². The van der Waals surface area contributed by atoms with Gasteiger partial charge in [-0.2, -0.15) is 0 Å². The number of benzene rings is 3. The van der Waals surface area contributed by atoms with Gasteiger partial charge in [0, 0.05) is 0 Å². The highest BCUT2D eigenvalue weighted by Crippen LogP contribution is 2.42. The van der Waals surface area contributed by atoms with Gasteiger partial charge in [0.1, 0.15) is 5.75 Å². The van der Waals surface area contributed by atoms with Crippen LogP contribution in [0.2, 0.25) is 0 Å². The van der Waals surface area contributed by atoms with Gasteiger partial charge in [-0.3, -0.25) is 0 Å². The maximum atomic E-state index is 9.64. The third kappa shape index (κ3) is 1.42. The van der Waals surface area contributed by atoms with Crippen LogP contribution in [0.15, 0.2) is 48.5 Å². The SMILES string of the molecule is Cc1cccc2ccc3c(c12)Cc1cc(O)ccc1-3. The molecule has 3 aromatic rings. The number of hydrogen-bond donors (Lipinski definition) is 1. The number of phenols is 1. The lowest BCUT2D eigenvalue weighted by Gasteiger charge is -2.08. The monoisotopic (exact) mass is 246 g/mol. The first-order valence-corrected chi connectivity index (χ1v) is 6.57. The van der Waals surface area contributed by atoms with Crippen molar-refractivity contribution in [2.24, 2.45) is 0 Å². The minimum Gasteiger partial charge on any atom is -0.508 e. The van der Waals surface area contributed by atoms with Crippen LogP contribution in [0.25, 0.3) is 21.9 Å². The summed E-state index contributed by atoms with van der Waals surface area (Å²) in [5, 5.41) is 12.3. The molecule has 1 aliphatic rings. The van der Waals surface area contributed by atoms with Gasteiger partial charge in [-0.25, -0.2) is 0 Å². The first kappa shape index (κ1) is 10.6. The highest BCUT2D eigenvalue weighted by Gasteiger charge is 2.21. The topological polar surface area (TPSA) is 20.2 Å². The molecule has 0 fully saturated rings. The van der Waals surface area contributed by atoms with E-state index in [4.69, 9.17) is 0 Å². The maximum absolute atomic E-state index is 9.64. The molecule has 0 aromatic heterocycles. The summed E-state index contributed by atoms with van der Waals surface area (Å²) in [6, 6.07) is 16.5. The summed E-state index contributed by atoms with van der Waals surface area (Å²) in [5.41, 5.74) is 6.53. The number of fused-ring (bicyclic) bond motifs is 5. The Morgan fingerprint density at radius 3 is 2.68 bits per heavy atom. The lowest BCUT2D eigenvalue weighted by Crippen LogP contribution is -1.87. The van der Waals surface area contributed by atoms with Gasteiger partial charge in [-0.1, -0.05) is 36.4 Å². The van der Waals surface area contributed by atoms with E-state index in [1.165, 1.54) is 38.6 Å². The zero-order valence-corrected chi connectivity index (χ0v) is 10.8. The molecule has 19 heavy (non-hydrogen) atoms. The molecule has 1 aliphatic carbocycles. The van der Waals surface area contributed by atoms with Crippen LogP contribution in [0.1, 0.15) is 16.7 Å². The fourth-order valence-corrected chi connectivity index (χ4v) is 3.27. The lowest BCUT2D eigenvalue weighted by atomic mass is 9.96. The van der Waals surface area contributed by atoms with Crippen LogP contribution >= 0.6 is 0 Å². The predicted octanol–water partition coefficient (Wildman–Crippen LogP) is 4.43. The Morgan fingerprint density at radius 2 is 1.79 bits per heavy atom. The van der Waals surface area contributed by atoms with Crippen LogP contribution in [-0.4, -0.2) is 5.11 Å². The number of aryl methyl sites for hydroxylation is 1. The zero-order valence-electron chi connectivity index (χ0n) is 10.8. The highest BCUT2D eigenvalue weighted by atomic mass is 16.3. The molecule has 0 bridgehead atoms. The Labute approximate surface area is 112 Å². The minimum atomic E-state index is 0.354. The van der Waals surface area contributed by atoms with Gasteiger partial charge in [0.2, 0.25) is 0 Å². The van der Waals surface area contributed by atoms with Crippen LogP contribution < -0.4 is 0 Å². The van der Waals surface area contributed by atoms with E-state index in [0.717, 1.165) is 6.42 Å². The molecule has 1 N–H and O–H groups in total. The Morgan fingerprint density at radius 1 is 0.947 bits per heavy atom. The van der Waals surface area contributed by atoms with E-state index in [9.17, 15) is 5.11 Å². The molecule has 0 saturated carbocycles. The summed E-state index contributed by atoms with van der Waals surface area (Å²) < 4.78 is 0. The van der Waals surface area contributed by atoms with Gasteiger partial charge in [-0.05, 0) is 64.1 Å². The van der Waals surface area contributed by atoms with Crippen molar-refractivity contribution in [3.63, 3.8) is 0 Å². The number of phenolic OH excluding ortho intramolecular Hbond substituents is 1. The molecule has 0 atom stereocenters. The molecule has 3 aromatic carbocycles. The van der Waals surface area contributed by atoms with Crippen LogP contribution in [0.4, 0.5) is 0 Å². The van der Waals surface area contributed by atoms with E-state index in [0.29, 0.717) is 5.75 Å². The quantitative estimate of drug-likeness (QED) is 0.487. The van der Waals surface area contributed by atoms with Gasteiger partial charge in [0.05, 0.1) is 0 Å². The van der Waals surface area contributed by atoms with Crippen molar-refractivity contribution in [3.8, 4) is 16.9 Å². The van der Waals surface area contributed by atoms with Gasteiger partial charge in [0.15, 0.2) is 0 Å². The third-order valence-corrected chi connectivity index (χ3v) is 4.11. The number of hydrogen-bond acceptors (Lipinski definition) is 1. The zero-order chi connectivity index (χ0) is 13.0. The van der Waals surface area contributed by atoms with Gasteiger partial charge in [-0.15, -0.1) is 0 Å². The summed E-state index contributed by atoms with van der Waals surface area (Å²) in [5.74, 6) is 0.354. The van der Waals surface area contributed by atoms with Crippen molar-refractivity contribution in [1.29, 1.82) is 0 Å². The summed E-state index contributed by atoms with van der Waals surface area (Å²) >= 11 is 0. The molecule has 0 radical (unpaired) electrons. The van der Waals surface area contributed by atoms with Crippen molar-refractivity contribution in [1.82, 2.24) is 0 Å². The smallest absolute Gasteiger partial charge is 0.115 e. The summed E-state index contributed by atoms with van der Waals surface area (Å²) in [6.45, 7) is 2.17. The normalized spacial score (nSPS) is 12.5. The Kier molecular flexibility index (Phi) is 2.02. The molecule has 0 unspecified atom stereocenters. The molecule has 0 spiro atoms. The van der Waals surface area contributed by atoms with Crippen LogP contribution in [0.3, 0.4) is 0 Å². The van der Waals surface area contributed by atoms with E-state index in [2.05, 4.69) is 37.3 Å². The van der Waals surface area contributed by atoms with Gasteiger partial charge in [0.25, 0.3) is 0 Å². The Hall–Kier alpha value is -2.28. The fourth-order valence-electron chi connectivity index (χ4n) is 3.27. The van der Waals surface area contributed by atoms with Crippen LogP contribution in [-0.2, 0) is 6.42 Å². The molecule has 0 amide bonds. The molecule has 0 aliphatic heterocycles. The molecule has 0 saturated heterocycles. The van der Waals surface area contributed by atoms with E-state index in [1.54, 1.807) is 6.07 Å². The molecule has 1 nitrogen and oxygen atoms in total. The minimum absolute atomic E-state index is 0.354. The Bertz CT molecular complexity index is 815. The second kappa shape index (κ2) is 3.61. The fraction of sp³-hybridized carbons (Fsp3) is 0.111. The molecular weight excluding hydrogens is 232 g/mol. The van der Waals surface area contributed by atoms with Crippen molar-refractivity contribution in [2.75, 3.05) is 0 Å². The van der Waals surface area contributed by atoms with Crippen molar-refractivity contribution < 1.29 is 5.11 Å². The molecule has 0 heterocycles. The van der Waals surface area contributed by atoms with Crippen molar-refractivity contribution in [2.45, 2.75) is 13.3 Å². The van der Waals surface area contributed by atoms with Crippen molar-refractivity contribution in [3.05, 3.63) is 65.2 Å². The third-order valence-electron chi connectivity index (χ3n) is 4.11. The van der Waals surface area contributed by atoms with Crippen molar-refractivity contribution >= 4 is 10.8 Å². The highest BCUT2D eigenvalue weighted by molar-refractivity contribution is 5.97. The van der Waals surface area contributed by atoms with Crippen LogP contribution in [0.5, 0.6) is 5.75 Å². The number of aromatic hydroxyl groups is 1. The summed E-state index contributed by atoms with van der Waals surface area (Å²) in [4.78, 5) is 0. The maximum Gasteiger partial charge on any atom is 0.115 e. The summed E-state index contributed by atoms with van der Waals surface area (Å²) in [7, 11) is 0. The Balaban J connectivity index is 2.09. The summed E-state index contributed by atoms with van der Waals surface area (Å²) in [6.07, 6.45) is 0.918. The average Bonchev–Trinajstić information content (AvgIpc) is 2.76. The van der Waals surface area contributed by atoms with Gasteiger partial charge >= 0.3 is 0 Å². The van der Waals surface area contributed by atoms with Crippen LogP contribution in [0, 0.1) is 6.92 Å². The predicted molar refractivity (Wildman–Crippen MR) is 78.6 cm³/mol. The van der Waals surface area contributed by atoms with E-state index in [1.807, 2.05) is 12.1 Å². The first-order valence-electron chi connectivity index (χ1n) is 6.57. The second-order valence-electron chi connectivity index (χ2n) is 5.28. The molecule has 92 valence electrons. The molecular formula is C18H14O. The standard InChI is InChI=1S/C18H14O/c1-11-3-2-4-12-5-7-16-15-8-6-14(19)9-13(15)10-17(16)18(11)12/h2-9,19H,10H2,1H3. The largest absolute Gasteiger partial charge is 0.508 e. The van der Waals surface area contributed by atoms with E-state index < -0.39 is 0 Å². The number of rotatable bonds is 0. The van der Waals surface area contributed by atoms with E-state index in [-0.39, 0.29) is 0 Å². The first-order chi connectivity index (χ1) is 9.24. The molecule has 1 heteroatoms. The second-order valence-corrected chi connectivity index (χ2v) is 5.28. The average molecular weight is 246 g/mol. The van der Waals surface area contributed by atoms with E-state index >= 15 is 0 Å². The lowest BCUT2D eigenvalue weighted by molar-refractivity contribution is 0.475.